The Kier molecular flexibility index (Phi) is 3.71. The van der Waals surface area contributed by atoms with E-state index in [0.29, 0.717) is 12.1 Å². The first-order valence-electron chi connectivity index (χ1n) is 6.25. The van der Waals surface area contributed by atoms with E-state index >= 15 is 0 Å². The molecule has 96 valence electrons. The summed E-state index contributed by atoms with van der Waals surface area (Å²) in [4.78, 5) is 0. The van der Waals surface area contributed by atoms with Crippen molar-refractivity contribution in [1.82, 2.24) is 5.32 Å². The van der Waals surface area contributed by atoms with Crippen LogP contribution in [0.1, 0.15) is 24.4 Å². The summed E-state index contributed by atoms with van der Waals surface area (Å²) < 4.78 is 8.34. The SMILES string of the molecule is CNC(c1csc2c(Br)cccc12)C1CCCO1. The maximum atomic E-state index is 5.84. The van der Waals surface area contributed by atoms with Gasteiger partial charge in [-0.15, -0.1) is 11.3 Å². The Morgan fingerprint density at radius 2 is 2.39 bits per heavy atom. The zero-order valence-corrected chi connectivity index (χ0v) is 12.7. The van der Waals surface area contributed by atoms with Crippen molar-refractivity contribution in [2.75, 3.05) is 13.7 Å². The van der Waals surface area contributed by atoms with Gasteiger partial charge in [0.25, 0.3) is 0 Å². The number of thiophene rings is 1. The zero-order valence-electron chi connectivity index (χ0n) is 10.3. The molecule has 1 aliphatic heterocycles. The van der Waals surface area contributed by atoms with Gasteiger partial charge in [-0.2, -0.15) is 0 Å². The highest BCUT2D eigenvalue weighted by Crippen LogP contribution is 2.38. The van der Waals surface area contributed by atoms with Gasteiger partial charge < -0.3 is 10.1 Å². The van der Waals surface area contributed by atoms with Gasteiger partial charge in [0, 0.05) is 15.8 Å². The van der Waals surface area contributed by atoms with Gasteiger partial charge in [0.05, 0.1) is 12.1 Å². The van der Waals surface area contributed by atoms with Crippen LogP contribution >= 0.6 is 27.3 Å². The number of likely N-dealkylation sites (N-methyl/N-ethyl adjacent to an activating group) is 1. The molecule has 2 atom stereocenters. The monoisotopic (exact) mass is 325 g/mol. The number of ether oxygens (including phenoxy) is 1. The molecule has 1 N–H and O–H groups in total. The second-order valence-corrected chi connectivity index (χ2v) is 6.36. The number of benzene rings is 1. The Hall–Kier alpha value is -0.420. The lowest BCUT2D eigenvalue weighted by Crippen LogP contribution is -2.28. The third-order valence-corrected chi connectivity index (χ3v) is 5.54. The predicted molar refractivity (Wildman–Crippen MR) is 80.3 cm³/mol. The van der Waals surface area contributed by atoms with Crippen LogP contribution in [-0.2, 0) is 4.74 Å². The fourth-order valence-electron chi connectivity index (χ4n) is 2.69. The van der Waals surface area contributed by atoms with E-state index < -0.39 is 0 Å². The first kappa shape index (κ1) is 12.6. The Bertz CT molecular complexity index is 548. The lowest BCUT2D eigenvalue weighted by molar-refractivity contribution is 0.0813. The van der Waals surface area contributed by atoms with E-state index in [0.717, 1.165) is 13.0 Å². The smallest absolute Gasteiger partial charge is 0.0771 e. The lowest BCUT2D eigenvalue weighted by Gasteiger charge is -2.22. The van der Waals surface area contributed by atoms with Crippen molar-refractivity contribution in [2.24, 2.45) is 0 Å². The van der Waals surface area contributed by atoms with Crippen LogP contribution in [0, 0.1) is 0 Å². The number of fused-ring (bicyclic) bond motifs is 1. The van der Waals surface area contributed by atoms with Gasteiger partial charge in [-0.3, -0.25) is 0 Å². The highest BCUT2D eigenvalue weighted by molar-refractivity contribution is 9.10. The molecule has 0 bridgehead atoms. The molecule has 4 heteroatoms. The summed E-state index contributed by atoms with van der Waals surface area (Å²) in [5.41, 5.74) is 1.37. The molecule has 0 saturated carbocycles. The number of halogens is 1. The second kappa shape index (κ2) is 5.29. The summed E-state index contributed by atoms with van der Waals surface area (Å²) in [6, 6.07) is 6.70. The summed E-state index contributed by atoms with van der Waals surface area (Å²) in [5.74, 6) is 0. The average molecular weight is 326 g/mol. The average Bonchev–Trinajstić information content (AvgIpc) is 3.01. The van der Waals surface area contributed by atoms with E-state index in [4.69, 9.17) is 4.74 Å². The maximum absolute atomic E-state index is 5.84. The second-order valence-electron chi connectivity index (χ2n) is 4.63. The quantitative estimate of drug-likeness (QED) is 0.917. The number of hydrogen-bond acceptors (Lipinski definition) is 3. The molecule has 0 amide bonds. The van der Waals surface area contributed by atoms with Gasteiger partial charge >= 0.3 is 0 Å². The minimum absolute atomic E-state index is 0.301. The normalized spacial score (nSPS) is 21.6. The van der Waals surface area contributed by atoms with Gasteiger partial charge in [-0.1, -0.05) is 12.1 Å². The molecule has 2 heterocycles. The van der Waals surface area contributed by atoms with Crippen molar-refractivity contribution >= 4 is 37.4 Å². The summed E-state index contributed by atoms with van der Waals surface area (Å²) in [6.07, 6.45) is 2.64. The third kappa shape index (κ3) is 2.11. The molecule has 1 aromatic carbocycles. The van der Waals surface area contributed by atoms with Gasteiger partial charge in [0.15, 0.2) is 0 Å². The molecule has 1 aliphatic rings. The molecule has 0 radical (unpaired) electrons. The van der Waals surface area contributed by atoms with Crippen LogP contribution in [0.5, 0.6) is 0 Å². The number of rotatable bonds is 3. The zero-order chi connectivity index (χ0) is 12.5. The Morgan fingerprint density at radius 3 is 3.11 bits per heavy atom. The highest BCUT2D eigenvalue weighted by Gasteiger charge is 2.28. The first-order valence-corrected chi connectivity index (χ1v) is 7.93. The van der Waals surface area contributed by atoms with Crippen LogP contribution in [0.2, 0.25) is 0 Å². The van der Waals surface area contributed by atoms with E-state index in [1.807, 2.05) is 7.05 Å². The van der Waals surface area contributed by atoms with Gasteiger partial charge in [0.2, 0.25) is 0 Å². The summed E-state index contributed by atoms with van der Waals surface area (Å²) in [5, 5.41) is 7.02. The molecule has 2 aromatic rings. The van der Waals surface area contributed by atoms with Crippen molar-refractivity contribution in [3.05, 3.63) is 33.6 Å². The molecule has 1 saturated heterocycles. The third-order valence-electron chi connectivity index (χ3n) is 3.56. The van der Waals surface area contributed by atoms with Crippen molar-refractivity contribution in [3.8, 4) is 0 Å². The fourth-order valence-corrected chi connectivity index (χ4v) is 4.35. The number of nitrogens with one attached hydrogen (secondary N) is 1. The predicted octanol–water partition coefficient (Wildman–Crippen LogP) is 4.10. The van der Waals surface area contributed by atoms with Crippen molar-refractivity contribution in [2.45, 2.75) is 25.0 Å². The van der Waals surface area contributed by atoms with Crippen molar-refractivity contribution in [1.29, 1.82) is 0 Å². The maximum Gasteiger partial charge on any atom is 0.0771 e. The van der Waals surface area contributed by atoms with Crippen LogP contribution in [-0.4, -0.2) is 19.8 Å². The van der Waals surface area contributed by atoms with Gasteiger partial charge in [-0.25, -0.2) is 0 Å². The minimum atomic E-state index is 0.301. The van der Waals surface area contributed by atoms with Crippen LogP contribution in [0.3, 0.4) is 0 Å². The Labute approximate surface area is 119 Å². The largest absolute Gasteiger partial charge is 0.376 e. The molecule has 0 spiro atoms. The molecule has 2 unspecified atom stereocenters. The highest BCUT2D eigenvalue weighted by atomic mass is 79.9. The molecular weight excluding hydrogens is 310 g/mol. The standard InChI is InChI=1S/C14H16BrNOS/c1-16-13(12-6-3-7-17-12)10-8-18-14-9(10)4-2-5-11(14)15/h2,4-5,8,12-13,16H,3,6-7H2,1H3. The van der Waals surface area contributed by atoms with Crippen LogP contribution < -0.4 is 5.32 Å². The molecule has 2 nitrogen and oxygen atoms in total. The van der Waals surface area contributed by atoms with Crippen LogP contribution in [0.25, 0.3) is 10.1 Å². The molecule has 1 fully saturated rings. The van der Waals surface area contributed by atoms with Crippen molar-refractivity contribution in [3.63, 3.8) is 0 Å². The van der Waals surface area contributed by atoms with Crippen molar-refractivity contribution < 1.29 is 4.74 Å². The van der Waals surface area contributed by atoms with E-state index in [9.17, 15) is 0 Å². The summed E-state index contributed by atoms with van der Waals surface area (Å²) >= 11 is 5.42. The van der Waals surface area contributed by atoms with Crippen LogP contribution in [0.4, 0.5) is 0 Å². The number of hydrogen-bond donors (Lipinski definition) is 1. The topological polar surface area (TPSA) is 21.3 Å². The van der Waals surface area contributed by atoms with Crippen LogP contribution in [0.15, 0.2) is 28.1 Å². The van der Waals surface area contributed by atoms with Gasteiger partial charge in [-0.05, 0) is 58.2 Å². The fraction of sp³-hybridized carbons (Fsp3) is 0.429. The van der Waals surface area contributed by atoms with E-state index in [1.54, 1.807) is 11.3 Å². The molecular formula is C14H16BrNOS. The van der Waals surface area contributed by atoms with E-state index in [1.165, 1.54) is 26.5 Å². The summed E-state index contributed by atoms with van der Waals surface area (Å²) in [7, 11) is 2.02. The summed E-state index contributed by atoms with van der Waals surface area (Å²) in [6.45, 7) is 0.897. The Balaban J connectivity index is 2.04. The molecule has 1 aromatic heterocycles. The lowest BCUT2D eigenvalue weighted by atomic mass is 9.99. The minimum Gasteiger partial charge on any atom is -0.376 e. The van der Waals surface area contributed by atoms with E-state index in [-0.39, 0.29) is 0 Å². The molecule has 18 heavy (non-hydrogen) atoms. The first-order chi connectivity index (χ1) is 8.81. The molecule has 3 rings (SSSR count). The molecule has 0 aliphatic carbocycles. The van der Waals surface area contributed by atoms with E-state index in [2.05, 4.69) is 44.8 Å². The Morgan fingerprint density at radius 1 is 1.50 bits per heavy atom. The van der Waals surface area contributed by atoms with Gasteiger partial charge in [0.1, 0.15) is 0 Å².